The summed E-state index contributed by atoms with van der Waals surface area (Å²) >= 11 is 0. The van der Waals surface area contributed by atoms with Crippen LogP contribution < -0.4 is 10.6 Å². The van der Waals surface area contributed by atoms with Gasteiger partial charge in [0.2, 0.25) is 5.91 Å². The Morgan fingerprint density at radius 1 is 1.02 bits per heavy atom. The Bertz CT molecular complexity index is 1200. The van der Waals surface area contributed by atoms with Gasteiger partial charge in [0.15, 0.2) is 0 Å². The zero-order valence-corrected chi connectivity index (χ0v) is 25.6. The minimum absolute atomic E-state index is 0.0961. The van der Waals surface area contributed by atoms with E-state index in [-0.39, 0.29) is 17.7 Å². The molecule has 0 aliphatic heterocycles. The van der Waals surface area contributed by atoms with E-state index < -0.39 is 29.3 Å². The Kier molecular flexibility index (Phi) is 11.1. The summed E-state index contributed by atoms with van der Waals surface area (Å²) in [6, 6.07) is 13.1. The first-order valence-electron chi connectivity index (χ1n) is 14.0. The lowest BCUT2D eigenvalue weighted by atomic mass is 9.90. The van der Waals surface area contributed by atoms with E-state index in [0.29, 0.717) is 24.1 Å². The standard InChI is InChI=1S/C33H47N3O4/c1-11-24-17-15-18-25(21-24)28(29(37)34-26-19-14-13-16-23(26)5)36(33(9,10)12-2)30(38)27(20-22(3)4)35-31(39)40-32(6,7)8/h11,13-19,21-22,27-28H,1,12,20H2,2-10H3,(H,34,37)(H,35,39). The molecule has 0 fully saturated rings. The quantitative estimate of drug-likeness (QED) is 0.308. The van der Waals surface area contributed by atoms with Crippen molar-refractivity contribution in [3.8, 4) is 0 Å². The van der Waals surface area contributed by atoms with E-state index in [0.717, 1.165) is 11.1 Å². The minimum atomic E-state index is -0.975. The first-order chi connectivity index (χ1) is 18.6. The molecule has 2 unspecified atom stereocenters. The second-order valence-electron chi connectivity index (χ2n) is 12.3. The van der Waals surface area contributed by atoms with Crippen LogP contribution in [0.2, 0.25) is 0 Å². The number of hydrogen-bond donors (Lipinski definition) is 2. The van der Waals surface area contributed by atoms with Crippen LogP contribution in [-0.2, 0) is 14.3 Å². The van der Waals surface area contributed by atoms with E-state index in [1.165, 1.54) is 0 Å². The van der Waals surface area contributed by atoms with Crippen molar-refractivity contribution in [2.45, 2.75) is 98.4 Å². The summed E-state index contributed by atoms with van der Waals surface area (Å²) in [6.07, 6.45) is 2.00. The van der Waals surface area contributed by atoms with Crippen molar-refractivity contribution >= 4 is 29.7 Å². The summed E-state index contributed by atoms with van der Waals surface area (Å²) in [5, 5.41) is 5.87. The molecule has 2 atom stereocenters. The van der Waals surface area contributed by atoms with Crippen LogP contribution in [0, 0.1) is 12.8 Å². The van der Waals surface area contributed by atoms with Crippen molar-refractivity contribution in [3.05, 3.63) is 71.8 Å². The maximum absolute atomic E-state index is 14.5. The molecule has 0 spiro atoms. The molecular formula is C33H47N3O4. The van der Waals surface area contributed by atoms with Crippen LogP contribution in [0.15, 0.2) is 55.1 Å². The monoisotopic (exact) mass is 549 g/mol. The van der Waals surface area contributed by atoms with E-state index in [2.05, 4.69) is 17.2 Å². The molecule has 3 amide bonds. The molecule has 2 rings (SSSR count). The predicted octanol–water partition coefficient (Wildman–Crippen LogP) is 7.27. The number of benzene rings is 2. The topological polar surface area (TPSA) is 87.7 Å². The Labute approximate surface area is 240 Å². The summed E-state index contributed by atoms with van der Waals surface area (Å²) in [6.45, 7) is 21.0. The number of ether oxygens (including phenoxy) is 1. The number of anilines is 1. The van der Waals surface area contributed by atoms with Gasteiger partial charge in [-0.15, -0.1) is 0 Å². The molecule has 0 aromatic heterocycles. The highest BCUT2D eigenvalue weighted by Gasteiger charge is 2.43. The van der Waals surface area contributed by atoms with Gasteiger partial charge in [-0.05, 0) is 89.1 Å². The van der Waals surface area contributed by atoms with Gasteiger partial charge in [0.25, 0.3) is 5.91 Å². The van der Waals surface area contributed by atoms with Gasteiger partial charge in [0, 0.05) is 11.2 Å². The number of rotatable bonds is 11. The number of aryl methyl sites for hydroxylation is 1. The highest BCUT2D eigenvalue weighted by molar-refractivity contribution is 5.99. The average Bonchev–Trinajstić information content (AvgIpc) is 2.86. The first-order valence-corrected chi connectivity index (χ1v) is 14.0. The van der Waals surface area contributed by atoms with Crippen molar-refractivity contribution in [3.63, 3.8) is 0 Å². The lowest BCUT2D eigenvalue weighted by Gasteiger charge is -2.45. The van der Waals surface area contributed by atoms with Gasteiger partial charge in [-0.3, -0.25) is 9.59 Å². The summed E-state index contributed by atoms with van der Waals surface area (Å²) in [7, 11) is 0. The molecule has 0 aliphatic carbocycles. The number of nitrogens with zero attached hydrogens (tertiary/aromatic N) is 1. The summed E-state index contributed by atoms with van der Waals surface area (Å²) in [5.74, 6) is -0.592. The highest BCUT2D eigenvalue weighted by Crippen LogP contribution is 2.34. The van der Waals surface area contributed by atoms with Gasteiger partial charge >= 0.3 is 6.09 Å². The Morgan fingerprint density at radius 3 is 2.23 bits per heavy atom. The molecule has 2 aromatic carbocycles. The molecule has 0 saturated carbocycles. The van der Waals surface area contributed by atoms with Crippen molar-refractivity contribution in [1.29, 1.82) is 0 Å². The largest absolute Gasteiger partial charge is 0.444 e. The number of alkyl carbamates (subject to hydrolysis) is 1. The van der Waals surface area contributed by atoms with Crippen molar-refractivity contribution < 1.29 is 19.1 Å². The van der Waals surface area contributed by atoms with Gasteiger partial charge in [0.1, 0.15) is 17.7 Å². The third kappa shape index (κ3) is 8.97. The van der Waals surface area contributed by atoms with Crippen LogP contribution >= 0.6 is 0 Å². The number of carbonyl (C=O) groups is 3. The van der Waals surface area contributed by atoms with Gasteiger partial charge in [-0.1, -0.05) is 69.8 Å². The number of nitrogens with one attached hydrogen (secondary N) is 2. The zero-order valence-electron chi connectivity index (χ0n) is 25.6. The Balaban J connectivity index is 2.69. The minimum Gasteiger partial charge on any atom is -0.444 e. The molecule has 40 heavy (non-hydrogen) atoms. The normalized spacial score (nSPS) is 13.2. The molecule has 0 aliphatic rings. The lowest BCUT2D eigenvalue weighted by molar-refractivity contribution is -0.148. The molecule has 7 nitrogen and oxygen atoms in total. The average molecular weight is 550 g/mol. The van der Waals surface area contributed by atoms with E-state index in [1.807, 2.05) is 90.1 Å². The second-order valence-corrected chi connectivity index (χ2v) is 12.3. The summed E-state index contributed by atoms with van der Waals surface area (Å²) < 4.78 is 5.50. The fourth-order valence-electron chi connectivity index (χ4n) is 4.44. The third-order valence-corrected chi connectivity index (χ3v) is 6.82. The Hall–Kier alpha value is -3.61. The second kappa shape index (κ2) is 13.6. The van der Waals surface area contributed by atoms with Gasteiger partial charge in [-0.25, -0.2) is 4.79 Å². The van der Waals surface area contributed by atoms with Gasteiger partial charge < -0.3 is 20.3 Å². The molecule has 0 heterocycles. The van der Waals surface area contributed by atoms with Gasteiger partial charge in [0.05, 0.1) is 0 Å². The molecule has 7 heteroatoms. The first kappa shape index (κ1) is 32.6. The lowest BCUT2D eigenvalue weighted by Crippen LogP contribution is -2.59. The van der Waals surface area contributed by atoms with Crippen molar-refractivity contribution in [2.24, 2.45) is 5.92 Å². The van der Waals surface area contributed by atoms with E-state index in [9.17, 15) is 14.4 Å². The third-order valence-electron chi connectivity index (χ3n) is 6.82. The zero-order chi connectivity index (χ0) is 30.3. The molecule has 0 bridgehead atoms. The predicted molar refractivity (Wildman–Crippen MR) is 163 cm³/mol. The van der Waals surface area contributed by atoms with Gasteiger partial charge in [-0.2, -0.15) is 0 Å². The van der Waals surface area contributed by atoms with Crippen LogP contribution in [0.25, 0.3) is 6.08 Å². The molecule has 2 aromatic rings. The number of carbonyl (C=O) groups excluding carboxylic acids is 3. The molecular weight excluding hydrogens is 502 g/mol. The van der Waals surface area contributed by atoms with E-state index in [4.69, 9.17) is 4.74 Å². The summed E-state index contributed by atoms with van der Waals surface area (Å²) in [5.41, 5.74) is 1.60. The fourth-order valence-corrected chi connectivity index (χ4v) is 4.44. The van der Waals surface area contributed by atoms with Crippen LogP contribution in [-0.4, -0.2) is 40.0 Å². The van der Waals surface area contributed by atoms with Crippen LogP contribution in [0.4, 0.5) is 10.5 Å². The Morgan fingerprint density at radius 2 is 1.68 bits per heavy atom. The highest BCUT2D eigenvalue weighted by atomic mass is 16.6. The maximum Gasteiger partial charge on any atom is 0.408 e. The summed E-state index contributed by atoms with van der Waals surface area (Å²) in [4.78, 5) is 43.2. The molecule has 0 saturated heterocycles. The van der Waals surface area contributed by atoms with E-state index >= 15 is 0 Å². The molecule has 0 radical (unpaired) electrons. The fraction of sp³-hybridized carbons (Fsp3) is 0.485. The maximum atomic E-state index is 14.5. The SMILES string of the molecule is C=Cc1cccc(C(C(=O)Nc2ccccc2C)N(C(=O)C(CC(C)C)NC(=O)OC(C)(C)C)C(C)(C)CC)c1. The number of hydrogen-bond acceptors (Lipinski definition) is 4. The number of amides is 3. The molecule has 2 N–H and O–H groups in total. The van der Waals surface area contributed by atoms with E-state index in [1.54, 1.807) is 31.7 Å². The van der Waals surface area contributed by atoms with Crippen LogP contribution in [0.5, 0.6) is 0 Å². The smallest absolute Gasteiger partial charge is 0.408 e. The van der Waals surface area contributed by atoms with Crippen LogP contribution in [0.1, 0.15) is 91.0 Å². The van der Waals surface area contributed by atoms with Crippen LogP contribution in [0.3, 0.4) is 0 Å². The number of para-hydroxylation sites is 1. The van der Waals surface area contributed by atoms with Crippen molar-refractivity contribution in [1.82, 2.24) is 10.2 Å². The molecule has 218 valence electrons. The van der Waals surface area contributed by atoms with Crippen molar-refractivity contribution in [2.75, 3.05) is 5.32 Å².